The third-order valence-electron chi connectivity index (χ3n) is 2.59. The number of nitrogens with one attached hydrogen (secondary N) is 1. The fourth-order valence-corrected chi connectivity index (χ4v) is 4.85. The fourth-order valence-electron chi connectivity index (χ4n) is 1.68. The van der Waals surface area contributed by atoms with Crippen LogP contribution in [0.2, 0.25) is 15.1 Å². The van der Waals surface area contributed by atoms with Crippen molar-refractivity contribution in [2.24, 2.45) is 0 Å². The normalized spacial score (nSPS) is 11.6. The Balaban J connectivity index is 2.27. The van der Waals surface area contributed by atoms with Crippen LogP contribution in [0.3, 0.4) is 0 Å². The predicted octanol–water partition coefficient (Wildman–Crippen LogP) is 4.89. The molecule has 2 aromatic carbocycles. The molecule has 0 aliphatic rings. The summed E-state index contributed by atoms with van der Waals surface area (Å²) in [5.74, 6) is 0. The maximum absolute atomic E-state index is 12.3. The van der Waals surface area contributed by atoms with Gasteiger partial charge in [-0.3, -0.25) is 0 Å². The lowest BCUT2D eigenvalue weighted by molar-refractivity contribution is 0.581. The van der Waals surface area contributed by atoms with E-state index in [0.717, 1.165) is 5.56 Å². The quantitative estimate of drug-likeness (QED) is 0.752. The van der Waals surface area contributed by atoms with Crippen LogP contribution in [0.1, 0.15) is 5.56 Å². The van der Waals surface area contributed by atoms with Crippen LogP contribution in [0.4, 0.5) is 0 Å². The molecule has 0 amide bonds. The lowest BCUT2D eigenvalue weighted by Crippen LogP contribution is -2.24. The Morgan fingerprint density at radius 3 is 2.24 bits per heavy atom. The minimum atomic E-state index is -3.83. The molecule has 2 rings (SSSR count). The summed E-state index contributed by atoms with van der Waals surface area (Å²) in [4.78, 5) is -0.143. The van der Waals surface area contributed by atoms with Crippen LogP contribution in [-0.4, -0.2) is 8.42 Å². The Bertz CT molecular complexity index is 758. The molecular weight excluding hydrogens is 420 g/mol. The molecule has 3 nitrogen and oxygen atoms in total. The van der Waals surface area contributed by atoms with Gasteiger partial charge in [-0.1, -0.05) is 62.9 Å². The van der Waals surface area contributed by atoms with Gasteiger partial charge < -0.3 is 0 Å². The molecular formula is C13H9BrCl3NO2S. The highest BCUT2D eigenvalue weighted by atomic mass is 79.9. The van der Waals surface area contributed by atoms with Gasteiger partial charge in [0.1, 0.15) is 4.90 Å². The lowest BCUT2D eigenvalue weighted by atomic mass is 10.2. The maximum Gasteiger partial charge on any atom is 0.243 e. The minimum absolute atomic E-state index is 0.0490. The first-order chi connectivity index (χ1) is 9.79. The number of hydrogen-bond acceptors (Lipinski definition) is 2. The number of hydrogen-bond donors (Lipinski definition) is 1. The molecule has 0 saturated heterocycles. The van der Waals surface area contributed by atoms with Crippen molar-refractivity contribution in [3.63, 3.8) is 0 Å². The first kappa shape index (κ1) is 17.1. The van der Waals surface area contributed by atoms with Crippen molar-refractivity contribution in [1.82, 2.24) is 4.72 Å². The summed E-state index contributed by atoms with van der Waals surface area (Å²) >= 11 is 21.0. The van der Waals surface area contributed by atoms with Crippen LogP contribution in [0.25, 0.3) is 0 Å². The Kier molecular flexibility index (Phi) is 5.57. The molecule has 0 spiro atoms. The van der Waals surface area contributed by atoms with Crippen molar-refractivity contribution >= 4 is 60.8 Å². The second-order valence-corrected chi connectivity index (χ2v) is 8.02. The minimum Gasteiger partial charge on any atom is -0.207 e. The molecule has 1 N–H and O–H groups in total. The summed E-state index contributed by atoms with van der Waals surface area (Å²) in [5, 5.41) is 0.632. The number of sulfonamides is 1. The SMILES string of the molecule is O=S(=O)(NCc1cccc(Cl)c1)c1c(Cl)cc(Br)cc1Cl. The second kappa shape index (κ2) is 6.86. The van der Waals surface area contributed by atoms with Crippen molar-refractivity contribution in [2.75, 3.05) is 0 Å². The van der Waals surface area contributed by atoms with E-state index in [2.05, 4.69) is 20.7 Å². The molecule has 0 unspecified atom stereocenters. The Morgan fingerprint density at radius 1 is 1.05 bits per heavy atom. The van der Waals surface area contributed by atoms with Crippen LogP contribution < -0.4 is 4.72 Å². The maximum atomic E-state index is 12.3. The van der Waals surface area contributed by atoms with Crippen molar-refractivity contribution in [2.45, 2.75) is 11.4 Å². The monoisotopic (exact) mass is 427 g/mol. The summed E-state index contributed by atoms with van der Waals surface area (Å²) in [6.45, 7) is 0.0889. The Morgan fingerprint density at radius 2 is 1.67 bits per heavy atom. The van der Waals surface area contributed by atoms with Crippen molar-refractivity contribution in [3.8, 4) is 0 Å². The number of benzene rings is 2. The summed E-state index contributed by atoms with van der Waals surface area (Å²) < 4.78 is 27.7. The third kappa shape index (κ3) is 4.34. The standard InChI is InChI=1S/C13H9BrCl3NO2S/c14-9-5-11(16)13(12(17)6-9)21(19,20)18-7-8-2-1-3-10(15)4-8/h1-6,18H,7H2. The molecule has 0 aromatic heterocycles. The van der Waals surface area contributed by atoms with E-state index in [-0.39, 0.29) is 21.5 Å². The molecule has 0 saturated carbocycles. The summed E-state index contributed by atoms with van der Waals surface area (Å²) in [7, 11) is -3.83. The first-order valence-corrected chi connectivity index (χ1v) is 9.09. The van der Waals surface area contributed by atoms with Gasteiger partial charge >= 0.3 is 0 Å². The van der Waals surface area contributed by atoms with Crippen molar-refractivity contribution in [3.05, 3.63) is 61.5 Å². The average Bonchev–Trinajstić information content (AvgIpc) is 2.35. The van der Waals surface area contributed by atoms with E-state index >= 15 is 0 Å². The predicted molar refractivity (Wildman–Crippen MR) is 89.6 cm³/mol. The molecule has 0 aliphatic heterocycles. The van der Waals surface area contributed by atoms with E-state index in [1.165, 1.54) is 12.1 Å². The number of halogens is 4. The average molecular weight is 430 g/mol. The van der Waals surface area contributed by atoms with E-state index in [9.17, 15) is 8.42 Å². The zero-order chi connectivity index (χ0) is 15.6. The largest absolute Gasteiger partial charge is 0.243 e. The third-order valence-corrected chi connectivity index (χ3v) is 5.60. The molecule has 21 heavy (non-hydrogen) atoms. The summed E-state index contributed by atoms with van der Waals surface area (Å²) in [6.07, 6.45) is 0. The molecule has 2 aromatic rings. The van der Waals surface area contributed by atoms with Gasteiger partial charge in [-0.2, -0.15) is 0 Å². The smallest absolute Gasteiger partial charge is 0.207 e. The highest BCUT2D eigenvalue weighted by molar-refractivity contribution is 9.10. The highest BCUT2D eigenvalue weighted by Crippen LogP contribution is 2.32. The van der Waals surface area contributed by atoms with E-state index in [1.54, 1.807) is 24.3 Å². The van der Waals surface area contributed by atoms with E-state index < -0.39 is 10.0 Å². The first-order valence-electron chi connectivity index (χ1n) is 5.68. The molecule has 0 radical (unpaired) electrons. The molecule has 0 bridgehead atoms. The van der Waals surface area contributed by atoms with Crippen molar-refractivity contribution < 1.29 is 8.42 Å². The molecule has 0 atom stereocenters. The van der Waals surface area contributed by atoms with Gasteiger partial charge in [0, 0.05) is 16.0 Å². The van der Waals surface area contributed by atoms with Gasteiger partial charge in [-0.15, -0.1) is 0 Å². The second-order valence-electron chi connectivity index (χ2n) is 4.15. The van der Waals surface area contributed by atoms with E-state index in [0.29, 0.717) is 9.50 Å². The van der Waals surface area contributed by atoms with Gasteiger partial charge in [0.05, 0.1) is 10.0 Å². The summed E-state index contributed by atoms with van der Waals surface area (Å²) in [6, 6.07) is 9.84. The van der Waals surface area contributed by atoms with Crippen LogP contribution in [-0.2, 0) is 16.6 Å². The molecule has 0 fully saturated rings. The molecule has 0 aliphatic carbocycles. The van der Waals surface area contributed by atoms with Crippen LogP contribution in [0, 0.1) is 0 Å². The van der Waals surface area contributed by atoms with Gasteiger partial charge in [-0.25, -0.2) is 13.1 Å². The number of rotatable bonds is 4. The zero-order valence-corrected chi connectivity index (χ0v) is 15.1. The lowest BCUT2D eigenvalue weighted by Gasteiger charge is -2.11. The van der Waals surface area contributed by atoms with Gasteiger partial charge in [-0.05, 0) is 29.8 Å². The van der Waals surface area contributed by atoms with E-state index in [1.807, 2.05) is 0 Å². The fraction of sp³-hybridized carbons (Fsp3) is 0.0769. The zero-order valence-electron chi connectivity index (χ0n) is 10.4. The van der Waals surface area contributed by atoms with Gasteiger partial charge in [0.2, 0.25) is 10.0 Å². The Hall–Kier alpha value is -0.300. The molecule has 8 heteroatoms. The van der Waals surface area contributed by atoms with Gasteiger partial charge in [0.25, 0.3) is 0 Å². The van der Waals surface area contributed by atoms with Crippen LogP contribution in [0.15, 0.2) is 45.8 Å². The molecule has 112 valence electrons. The van der Waals surface area contributed by atoms with Crippen LogP contribution >= 0.6 is 50.7 Å². The molecule has 0 heterocycles. The van der Waals surface area contributed by atoms with Crippen molar-refractivity contribution in [1.29, 1.82) is 0 Å². The summed E-state index contributed by atoms with van der Waals surface area (Å²) in [5.41, 5.74) is 0.732. The van der Waals surface area contributed by atoms with E-state index in [4.69, 9.17) is 34.8 Å². The topological polar surface area (TPSA) is 46.2 Å². The van der Waals surface area contributed by atoms with Gasteiger partial charge in [0.15, 0.2) is 0 Å². The van der Waals surface area contributed by atoms with Crippen LogP contribution in [0.5, 0.6) is 0 Å². The highest BCUT2D eigenvalue weighted by Gasteiger charge is 2.22. The Labute approximate surface area is 146 Å².